The second-order valence-corrected chi connectivity index (χ2v) is 8.85. The van der Waals surface area contributed by atoms with Crippen molar-refractivity contribution in [3.63, 3.8) is 0 Å². The Morgan fingerprint density at radius 3 is 2.67 bits per heavy atom. The molecule has 0 spiro atoms. The van der Waals surface area contributed by atoms with Crippen molar-refractivity contribution in [2.24, 2.45) is 0 Å². The van der Waals surface area contributed by atoms with Crippen LogP contribution >= 0.6 is 23.2 Å². The molecule has 33 heavy (non-hydrogen) atoms. The van der Waals surface area contributed by atoms with Crippen molar-refractivity contribution in [3.8, 4) is 5.69 Å². The summed E-state index contributed by atoms with van der Waals surface area (Å²) in [5.41, 5.74) is 5.78. The normalized spacial score (nSPS) is 13.7. The minimum absolute atomic E-state index is 0.200. The maximum atomic E-state index is 12.8. The molecule has 172 valence electrons. The Bertz CT molecular complexity index is 1290. The van der Waals surface area contributed by atoms with Crippen LogP contribution in [0.2, 0.25) is 10.0 Å². The molecule has 1 aliphatic carbocycles. The number of aromatic amines is 1. The third-order valence-corrected chi connectivity index (χ3v) is 6.42. The Labute approximate surface area is 204 Å². The quantitative estimate of drug-likeness (QED) is 0.327. The third-order valence-electron chi connectivity index (χ3n) is 5.89. The predicted molar refractivity (Wildman–Crippen MR) is 136 cm³/mol. The number of H-pyrrole nitrogens is 1. The van der Waals surface area contributed by atoms with Gasteiger partial charge in [0.2, 0.25) is 0 Å². The van der Waals surface area contributed by atoms with Gasteiger partial charge in [-0.05, 0) is 80.6 Å². The number of nitrogens with one attached hydrogen (secondary N) is 2. The van der Waals surface area contributed by atoms with Crippen LogP contribution in [0.25, 0.3) is 16.7 Å². The van der Waals surface area contributed by atoms with Crippen molar-refractivity contribution in [1.82, 2.24) is 19.9 Å². The largest absolute Gasteiger partial charge is 0.342 e. The maximum absolute atomic E-state index is 12.8. The molecule has 0 saturated carbocycles. The van der Waals surface area contributed by atoms with E-state index in [1.54, 1.807) is 12.1 Å². The first kappa shape index (κ1) is 23.4. The van der Waals surface area contributed by atoms with Gasteiger partial charge < -0.3 is 14.9 Å². The van der Waals surface area contributed by atoms with E-state index in [9.17, 15) is 4.79 Å². The summed E-state index contributed by atoms with van der Waals surface area (Å²) in [5, 5.41) is 4.18. The summed E-state index contributed by atoms with van der Waals surface area (Å²) in [6.45, 7) is 5.89. The van der Waals surface area contributed by atoms with E-state index in [1.807, 2.05) is 45.0 Å². The summed E-state index contributed by atoms with van der Waals surface area (Å²) in [6, 6.07) is 12.8. The average Bonchev–Trinajstić information content (AvgIpc) is 3.44. The van der Waals surface area contributed by atoms with Crippen molar-refractivity contribution in [3.05, 3.63) is 81.4 Å². The van der Waals surface area contributed by atoms with Crippen LogP contribution in [-0.2, 0) is 12.8 Å². The Morgan fingerprint density at radius 1 is 1.09 bits per heavy atom. The van der Waals surface area contributed by atoms with E-state index in [0.717, 1.165) is 29.6 Å². The molecule has 2 heterocycles. The Hall–Kier alpha value is -2.76. The minimum Gasteiger partial charge on any atom is -0.342 e. The summed E-state index contributed by atoms with van der Waals surface area (Å²) in [6.07, 6.45) is 6.68. The molecule has 0 saturated heterocycles. The van der Waals surface area contributed by atoms with Crippen LogP contribution in [0.1, 0.15) is 67.1 Å². The van der Waals surface area contributed by atoms with E-state index < -0.39 is 0 Å². The standard InChI is InChI=1S/C24H22Cl2N4O.C2H6/c1-14(23-28-19-8-7-17(25)13-20(19)29-23)27-24(31)16-6-9-22(18(26)12-16)30-11-10-15-4-2-3-5-21(15)30;1-2/h6-14H,2-5H2,1H3,(H,27,31)(H,28,29);1-2H3. The molecule has 0 fully saturated rings. The first-order valence-corrected chi connectivity index (χ1v) is 12.2. The number of hydrogen-bond donors (Lipinski definition) is 2. The Balaban J connectivity index is 0.00000126. The molecule has 4 aromatic rings. The van der Waals surface area contributed by atoms with Gasteiger partial charge in [-0.3, -0.25) is 4.79 Å². The van der Waals surface area contributed by atoms with Crippen LogP contribution in [0.4, 0.5) is 0 Å². The molecule has 5 rings (SSSR count). The van der Waals surface area contributed by atoms with Gasteiger partial charge in [0, 0.05) is 22.5 Å². The monoisotopic (exact) mass is 482 g/mol. The van der Waals surface area contributed by atoms with Crippen molar-refractivity contribution in [2.75, 3.05) is 0 Å². The fourth-order valence-electron chi connectivity index (χ4n) is 4.25. The van der Waals surface area contributed by atoms with Crippen molar-refractivity contribution < 1.29 is 4.79 Å². The zero-order valence-corrected chi connectivity index (χ0v) is 20.6. The number of carbonyl (C=O) groups is 1. The van der Waals surface area contributed by atoms with Crippen molar-refractivity contribution >= 4 is 40.1 Å². The number of fused-ring (bicyclic) bond motifs is 2. The molecule has 5 nitrogen and oxygen atoms in total. The highest BCUT2D eigenvalue weighted by atomic mass is 35.5. The lowest BCUT2D eigenvalue weighted by atomic mass is 9.98. The summed E-state index contributed by atoms with van der Waals surface area (Å²) >= 11 is 12.6. The van der Waals surface area contributed by atoms with E-state index in [-0.39, 0.29) is 11.9 Å². The topological polar surface area (TPSA) is 62.7 Å². The molecule has 1 aliphatic rings. The van der Waals surface area contributed by atoms with E-state index in [0.29, 0.717) is 21.4 Å². The van der Waals surface area contributed by atoms with Gasteiger partial charge in [0.1, 0.15) is 5.82 Å². The first-order valence-electron chi connectivity index (χ1n) is 11.4. The highest BCUT2D eigenvalue weighted by molar-refractivity contribution is 6.32. The number of halogens is 2. The van der Waals surface area contributed by atoms with Gasteiger partial charge in [-0.15, -0.1) is 0 Å². The number of imidazole rings is 1. The zero-order valence-electron chi connectivity index (χ0n) is 19.1. The number of aryl methyl sites for hydroxylation is 1. The average molecular weight is 483 g/mol. The molecule has 2 aromatic heterocycles. The molecule has 1 atom stereocenters. The van der Waals surface area contributed by atoms with Gasteiger partial charge in [-0.1, -0.05) is 37.0 Å². The molecule has 2 N–H and O–H groups in total. The summed E-state index contributed by atoms with van der Waals surface area (Å²) < 4.78 is 2.15. The lowest BCUT2D eigenvalue weighted by Crippen LogP contribution is -2.27. The number of aromatic nitrogens is 3. The van der Waals surface area contributed by atoms with Gasteiger partial charge in [0.15, 0.2) is 0 Å². The van der Waals surface area contributed by atoms with Crippen LogP contribution in [0.5, 0.6) is 0 Å². The molecule has 1 amide bonds. The highest BCUT2D eigenvalue weighted by Crippen LogP contribution is 2.29. The first-order chi connectivity index (χ1) is 16.0. The lowest BCUT2D eigenvalue weighted by molar-refractivity contribution is 0.0938. The van der Waals surface area contributed by atoms with Crippen molar-refractivity contribution in [2.45, 2.75) is 52.5 Å². The van der Waals surface area contributed by atoms with Crippen LogP contribution in [0.3, 0.4) is 0 Å². The van der Waals surface area contributed by atoms with Gasteiger partial charge in [0.25, 0.3) is 5.91 Å². The van der Waals surface area contributed by atoms with Crippen molar-refractivity contribution in [1.29, 1.82) is 0 Å². The molecule has 0 radical (unpaired) electrons. The number of rotatable bonds is 4. The van der Waals surface area contributed by atoms with E-state index in [4.69, 9.17) is 23.2 Å². The summed E-state index contributed by atoms with van der Waals surface area (Å²) in [5.74, 6) is 0.473. The smallest absolute Gasteiger partial charge is 0.251 e. The maximum Gasteiger partial charge on any atom is 0.251 e. The van der Waals surface area contributed by atoms with Gasteiger partial charge >= 0.3 is 0 Å². The van der Waals surface area contributed by atoms with E-state index >= 15 is 0 Å². The Kier molecular flexibility index (Phi) is 7.11. The number of amides is 1. The predicted octanol–water partition coefficient (Wildman–Crippen LogP) is 7.06. The minimum atomic E-state index is -0.298. The summed E-state index contributed by atoms with van der Waals surface area (Å²) in [7, 11) is 0. The molecular weight excluding hydrogens is 455 g/mol. The number of nitrogens with zero attached hydrogens (tertiary/aromatic N) is 2. The number of carbonyl (C=O) groups excluding carboxylic acids is 1. The van der Waals surface area contributed by atoms with Crippen LogP contribution in [0.15, 0.2) is 48.7 Å². The second-order valence-electron chi connectivity index (χ2n) is 8.01. The SMILES string of the molecule is CC.CC(NC(=O)c1ccc(-n2ccc3c2CCCC3)c(Cl)c1)c1nc2ccc(Cl)cc2[nH]1. The van der Waals surface area contributed by atoms with Gasteiger partial charge in [0.05, 0.1) is 27.8 Å². The van der Waals surface area contributed by atoms with Crippen LogP contribution < -0.4 is 5.32 Å². The molecule has 0 bridgehead atoms. The highest BCUT2D eigenvalue weighted by Gasteiger charge is 2.19. The molecule has 0 aliphatic heterocycles. The fourth-order valence-corrected chi connectivity index (χ4v) is 4.69. The van der Waals surface area contributed by atoms with Gasteiger partial charge in [-0.25, -0.2) is 4.98 Å². The zero-order chi connectivity index (χ0) is 23.5. The fraction of sp³-hybridized carbons (Fsp3) is 0.308. The van der Waals surface area contributed by atoms with Gasteiger partial charge in [-0.2, -0.15) is 0 Å². The molecule has 1 unspecified atom stereocenters. The molecule has 7 heteroatoms. The molecule has 2 aromatic carbocycles. The number of benzene rings is 2. The van der Waals surface area contributed by atoms with Crippen LogP contribution in [0, 0.1) is 0 Å². The summed E-state index contributed by atoms with van der Waals surface area (Å²) in [4.78, 5) is 20.6. The lowest BCUT2D eigenvalue weighted by Gasteiger charge is -2.17. The third kappa shape index (κ3) is 4.80. The Morgan fingerprint density at radius 2 is 1.88 bits per heavy atom. The van der Waals surface area contributed by atoms with E-state index in [2.05, 4.69) is 32.1 Å². The molecular formula is C26H28Cl2N4O. The van der Waals surface area contributed by atoms with Crippen LogP contribution in [-0.4, -0.2) is 20.4 Å². The van der Waals surface area contributed by atoms with E-state index in [1.165, 1.54) is 24.1 Å². The number of hydrogen-bond acceptors (Lipinski definition) is 2. The second kappa shape index (κ2) is 10.0.